The Bertz CT molecular complexity index is 486. The topological polar surface area (TPSA) is 61.8 Å². The molecular formula is C20H41O5PSi. The lowest BCUT2D eigenvalue weighted by Gasteiger charge is -2.40. The molecular weight excluding hydrogens is 379 g/mol. The van der Waals surface area contributed by atoms with Crippen molar-refractivity contribution in [3.8, 4) is 0 Å². The fourth-order valence-electron chi connectivity index (χ4n) is 3.43. The Kier molecular flexibility index (Phi) is 12.9. The third-order valence-corrected chi connectivity index (χ3v) is 11.9. The summed E-state index contributed by atoms with van der Waals surface area (Å²) in [7, 11) is -5.25. The number of allylic oxidation sites excluding steroid dienone is 2. The third kappa shape index (κ3) is 9.66. The molecule has 0 heterocycles. The molecule has 0 radical (unpaired) electrons. The van der Waals surface area contributed by atoms with Gasteiger partial charge in [0.05, 0.1) is 18.8 Å². The van der Waals surface area contributed by atoms with Crippen molar-refractivity contribution in [3.63, 3.8) is 0 Å². The van der Waals surface area contributed by atoms with E-state index in [2.05, 4.69) is 26.8 Å². The monoisotopic (exact) mass is 420 g/mol. The molecule has 0 aliphatic carbocycles. The number of hydrogen-bond donors (Lipinski definition) is 0. The zero-order valence-electron chi connectivity index (χ0n) is 18.5. The summed E-state index contributed by atoms with van der Waals surface area (Å²) in [6.45, 7) is 14.6. The molecule has 0 aromatic carbocycles. The smallest absolute Gasteiger partial charge is 0.338 e. The second-order valence-electron chi connectivity index (χ2n) is 7.22. The van der Waals surface area contributed by atoms with Crippen LogP contribution in [-0.4, -0.2) is 39.1 Å². The highest BCUT2D eigenvalue weighted by Crippen LogP contribution is 2.48. The zero-order chi connectivity index (χ0) is 21.0. The molecule has 5 nitrogen and oxygen atoms in total. The minimum atomic E-state index is -3.37. The van der Waals surface area contributed by atoms with Crippen LogP contribution in [0.2, 0.25) is 18.1 Å². The van der Waals surface area contributed by atoms with Crippen molar-refractivity contribution in [3.05, 3.63) is 12.2 Å². The summed E-state index contributed by atoms with van der Waals surface area (Å²) >= 11 is 0. The fraction of sp³-hybridized carbons (Fsp3) is 0.850. The van der Waals surface area contributed by atoms with Gasteiger partial charge in [0.1, 0.15) is 11.9 Å². The van der Waals surface area contributed by atoms with E-state index in [1.54, 1.807) is 13.8 Å². The first-order chi connectivity index (χ1) is 12.7. The van der Waals surface area contributed by atoms with Crippen LogP contribution < -0.4 is 0 Å². The number of carbonyl (C=O) groups is 1. The molecule has 0 saturated heterocycles. The highest BCUT2D eigenvalue weighted by Gasteiger charge is 2.40. The summed E-state index contributed by atoms with van der Waals surface area (Å²) < 4.78 is 30.0. The third-order valence-electron chi connectivity index (χ3n) is 5.06. The lowest BCUT2D eigenvalue weighted by molar-refractivity contribution is -0.120. The van der Waals surface area contributed by atoms with E-state index in [1.807, 2.05) is 19.9 Å². The fourth-order valence-corrected chi connectivity index (χ4v) is 8.17. The van der Waals surface area contributed by atoms with Crippen LogP contribution in [0.15, 0.2) is 12.2 Å². The van der Waals surface area contributed by atoms with Gasteiger partial charge in [0, 0.05) is 6.42 Å². The van der Waals surface area contributed by atoms with Crippen LogP contribution >= 0.6 is 7.60 Å². The standard InChI is InChI=1S/C20H41O5PSi/c1-8-14-15-16-20(7,25-27(11-4,12-5)13-6)17-19(21)18-26(22,23-9-2)24-10-3/h8,14H,9-13,15-18H2,1-7H3/b14-8-/t20-/m0/s1. The van der Waals surface area contributed by atoms with Crippen LogP contribution in [0, 0.1) is 0 Å². The Hall–Kier alpha value is -0.263. The van der Waals surface area contributed by atoms with Gasteiger partial charge in [0.25, 0.3) is 0 Å². The van der Waals surface area contributed by atoms with Crippen LogP contribution in [0.3, 0.4) is 0 Å². The van der Waals surface area contributed by atoms with E-state index in [4.69, 9.17) is 13.5 Å². The Morgan fingerprint density at radius 1 is 1.04 bits per heavy atom. The SMILES string of the molecule is C/C=C\CC[C@@](C)(CC(=O)CP(=O)(OCC)OCC)O[Si](CC)(CC)CC. The summed E-state index contributed by atoms with van der Waals surface area (Å²) in [5, 5.41) is 0. The van der Waals surface area contributed by atoms with Crippen LogP contribution in [-0.2, 0) is 22.8 Å². The van der Waals surface area contributed by atoms with Gasteiger partial charge in [0.15, 0.2) is 8.32 Å². The average molecular weight is 421 g/mol. The molecule has 0 unspecified atom stereocenters. The van der Waals surface area contributed by atoms with Crippen LogP contribution in [0.1, 0.15) is 67.7 Å². The van der Waals surface area contributed by atoms with Crippen molar-refractivity contribution >= 4 is 21.7 Å². The minimum absolute atomic E-state index is 0.116. The Labute approximate surface area is 167 Å². The van der Waals surface area contributed by atoms with Gasteiger partial charge >= 0.3 is 7.60 Å². The molecule has 0 aliphatic rings. The summed E-state index contributed by atoms with van der Waals surface area (Å²) in [4.78, 5) is 12.8. The van der Waals surface area contributed by atoms with Gasteiger partial charge in [-0.3, -0.25) is 9.36 Å². The van der Waals surface area contributed by atoms with Crippen LogP contribution in [0.5, 0.6) is 0 Å². The van der Waals surface area contributed by atoms with E-state index in [0.29, 0.717) is 0 Å². The first-order valence-corrected chi connectivity index (χ1v) is 14.6. The van der Waals surface area contributed by atoms with E-state index in [0.717, 1.165) is 31.0 Å². The molecule has 0 bridgehead atoms. The van der Waals surface area contributed by atoms with Crippen molar-refractivity contribution < 1.29 is 22.8 Å². The number of ketones is 1. The normalized spacial score (nSPS) is 15.2. The highest BCUT2D eigenvalue weighted by molar-refractivity contribution is 7.54. The quantitative estimate of drug-likeness (QED) is 0.165. The second kappa shape index (κ2) is 13.1. The Balaban J connectivity index is 5.38. The summed E-state index contributed by atoms with van der Waals surface area (Å²) in [5.41, 5.74) is -0.548. The largest absolute Gasteiger partial charge is 0.411 e. The molecule has 0 aromatic heterocycles. The molecule has 27 heavy (non-hydrogen) atoms. The first-order valence-electron chi connectivity index (χ1n) is 10.4. The van der Waals surface area contributed by atoms with Crippen LogP contribution in [0.25, 0.3) is 0 Å². The summed E-state index contributed by atoms with van der Waals surface area (Å²) in [5.74, 6) is -0.116. The number of Topliss-reactive ketones (excluding diaryl/α,β-unsaturated/α-hetero) is 1. The van der Waals surface area contributed by atoms with Gasteiger partial charge in [-0.15, -0.1) is 0 Å². The van der Waals surface area contributed by atoms with Crippen molar-refractivity contribution in [2.45, 2.75) is 91.5 Å². The predicted octanol–water partition coefficient (Wildman–Crippen LogP) is 6.35. The van der Waals surface area contributed by atoms with Gasteiger partial charge in [-0.25, -0.2) is 0 Å². The molecule has 7 heteroatoms. The first kappa shape index (κ1) is 26.7. The van der Waals surface area contributed by atoms with Gasteiger partial charge in [-0.1, -0.05) is 32.9 Å². The molecule has 0 aliphatic heterocycles. The molecule has 160 valence electrons. The lowest BCUT2D eigenvalue weighted by Crippen LogP contribution is -2.47. The number of hydrogen-bond acceptors (Lipinski definition) is 5. The van der Waals surface area contributed by atoms with Crippen molar-refractivity contribution in [1.82, 2.24) is 0 Å². The van der Waals surface area contributed by atoms with Gasteiger partial charge in [0.2, 0.25) is 0 Å². The van der Waals surface area contributed by atoms with Gasteiger partial charge in [-0.05, 0) is 58.7 Å². The van der Waals surface area contributed by atoms with Crippen molar-refractivity contribution in [1.29, 1.82) is 0 Å². The van der Waals surface area contributed by atoms with Crippen molar-refractivity contribution in [2.24, 2.45) is 0 Å². The Morgan fingerprint density at radius 2 is 1.56 bits per heavy atom. The molecule has 0 rings (SSSR count). The maximum atomic E-state index is 12.8. The van der Waals surface area contributed by atoms with E-state index in [9.17, 15) is 9.36 Å². The molecule has 0 saturated carbocycles. The zero-order valence-corrected chi connectivity index (χ0v) is 20.4. The highest BCUT2D eigenvalue weighted by atomic mass is 31.2. The van der Waals surface area contributed by atoms with E-state index < -0.39 is 21.5 Å². The lowest BCUT2D eigenvalue weighted by atomic mass is 9.94. The Morgan fingerprint density at radius 3 is 1.96 bits per heavy atom. The number of rotatable bonds is 16. The van der Waals surface area contributed by atoms with Crippen LogP contribution in [0.4, 0.5) is 0 Å². The van der Waals surface area contributed by atoms with E-state index >= 15 is 0 Å². The maximum absolute atomic E-state index is 12.8. The predicted molar refractivity (Wildman–Crippen MR) is 116 cm³/mol. The second-order valence-corrected chi connectivity index (χ2v) is 14.0. The maximum Gasteiger partial charge on any atom is 0.338 e. The molecule has 0 aromatic rings. The summed E-state index contributed by atoms with van der Waals surface area (Å²) in [6.07, 6.45) is 5.80. The average Bonchev–Trinajstić information content (AvgIpc) is 2.60. The van der Waals surface area contributed by atoms with E-state index in [-0.39, 0.29) is 31.6 Å². The van der Waals surface area contributed by atoms with Gasteiger partial charge < -0.3 is 13.5 Å². The molecule has 0 N–H and O–H groups in total. The minimum Gasteiger partial charge on any atom is -0.411 e. The summed E-state index contributed by atoms with van der Waals surface area (Å²) in [6, 6.07) is 3.09. The molecule has 0 amide bonds. The molecule has 1 atom stereocenters. The van der Waals surface area contributed by atoms with Gasteiger partial charge in [-0.2, -0.15) is 0 Å². The number of carbonyl (C=O) groups excluding carboxylic acids is 1. The molecule has 0 fully saturated rings. The van der Waals surface area contributed by atoms with E-state index in [1.165, 1.54) is 0 Å². The molecule has 0 spiro atoms. The van der Waals surface area contributed by atoms with Crippen molar-refractivity contribution in [2.75, 3.05) is 19.4 Å².